The number of hydrogen-bond donors (Lipinski definition) is 2. The monoisotopic (exact) mass is 610 g/mol. The molecule has 42 heavy (non-hydrogen) atoms. The number of aliphatic hydroxyl groups is 2. The van der Waals surface area contributed by atoms with Crippen LogP contribution >= 0.6 is 11.8 Å². The van der Waals surface area contributed by atoms with Crippen LogP contribution in [0.2, 0.25) is 0 Å². The molecule has 1 aliphatic carbocycles. The average Bonchev–Trinajstić information content (AvgIpc) is 3.60. The van der Waals surface area contributed by atoms with Crippen molar-refractivity contribution in [2.75, 3.05) is 6.61 Å². The second kappa shape index (κ2) is 11.2. The number of thioether (sulfide) groups is 1. The van der Waals surface area contributed by atoms with Gasteiger partial charge >= 0.3 is 0 Å². The van der Waals surface area contributed by atoms with Crippen LogP contribution in [0.25, 0.3) is 11.3 Å². The van der Waals surface area contributed by atoms with Gasteiger partial charge in [0.05, 0.1) is 23.7 Å². The number of aliphatic hydroxyl groups excluding tert-OH is 1. The third-order valence-electron chi connectivity index (χ3n) is 8.26. The van der Waals surface area contributed by atoms with Crippen molar-refractivity contribution in [2.45, 2.75) is 99.3 Å². The Morgan fingerprint density at radius 3 is 2.50 bits per heavy atom. The minimum atomic E-state index is -1.58. The van der Waals surface area contributed by atoms with Gasteiger partial charge in [-0.05, 0) is 45.7 Å². The first-order chi connectivity index (χ1) is 20.0. The van der Waals surface area contributed by atoms with Gasteiger partial charge in [0.15, 0.2) is 23.2 Å². The zero-order valence-corrected chi connectivity index (χ0v) is 24.2. The topological polar surface area (TPSA) is 125 Å². The molecule has 0 unspecified atom stereocenters. The van der Waals surface area contributed by atoms with Gasteiger partial charge in [-0.25, -0.2) is 17.9 Å². The van der Waals surface area contributed by atoms with Crippen LogP contribution in [0.4, 0.5) is 13.2 Å². The standard InChI is InChI=1S/C28H33F3N4O6S/c1-14-12-39-33-21(14)25(28(37)7-5-4-6-8-28)42-26-23(36)22(24-19(40-26)13-38-27(2,3)41-24)35-11-18(32-34-35)15-9-16(29)20(31)17(30)10-15/h9-12,19,22-26,36-37H,4-8,13H2,1-3H3/t19-,22-,23-,24+,25-,26+/m1/s1. The lowest BCUT2D eigenvalue weighted by Crippen LogP contribution is -2.61. The van der Waals surface area contributed by atoms with Crippen LogP contribution in [0.3, 0.4) is 0 Å². The van der Waals surface area contributed by atoms with Crippen molar-refractivity contribution < 1.29 is 42.1 Å². The summed E-state index contributed by atoms with van der Waals surface area (Å²) in [5.74, 6) is -5.28. The molecule has 0 radical (unpaired) electrons. The number of benzene rings is 1. The summed E-state index contributed by atoms with van der Waals surface area (Å²) in [5, 5.41) is 35.5. The second-order valence-corrected chi connectivity index (χ2v) is 12.9. The molecule has 0 bridgehead atoms. The molecule has 3 fully saturated rings. The molecular weight excluding hydrogens is 577 g/mol. The molecule has 1 saturated carbocycles. The highest BCUT2D eigenvalue weighted by molar-refractivity contribution is 8.00. The summed E-state index contributed by atoms with van der Waals surface area (Å²) in [6, 6.07) is 0.803. The highest BCUT2D eigenvalue weighted by Crippen LogP contribution is 2.51. The molecule has 4 heterocycles. The van der Waals surface area contributed by atoms with E-state index in [0.717, 1.165) is 37.0 Å². The molecule has 14 heteroatoms. The van der Waals surface area contributed by atoms with Crippen LogP contribution in [-0.2, 0) is 14.2 Å². The number of hydrogen-bond acceptors (Lipinski definition) is 10. The van der Waals surface area contributed by atoms with E-state index in [1.54, 1.807) is 13.8 Å². The fraction of sp³-hybridized carbons (Fsp3) is 0.607. The normalized spacial score (nSPS) is 29.7. The van der Waals surface area contributed by atoms with Crippen molar-refractivity contribution in [3.8, 4) is 11.3 Å². The fourth-order valence-corrected chi connectivity index (χ4v) is 7.71. The zero-order valence-electron chi connectivity index (χ0n) is 23.4. The summed E-state index contributed by atoms with van der Waals surface area (Å²) in [6.45, 7) is 5.50. The van der Waals surface area contributed by atoms with Gasteiger partial charge in [-0.1, -0.05) is 29.6 Å². The van der Waals surface area contributed by atoms with E-state index in [-0.39, 0.29) is 17.9 Å². The van der Waals surface area contributed by atoms with Crippen LogP contribution in [0, 0.1) is 24.4 Å². The number of fused-ring (bicyclic) bond motifs is 1. The van der Waals surface area contributed by atoms with E-state index in [9.17, 15) is 23.4 Å². The van der Waals surface area contributed by atoms with Gasteiger partial charge in [-0.3, -0.25) is 0 Å². The molecule has 2 N–H and O–H groups in total. The number of ether oxygens (including phenoxy) is 3. The van der Waals surface area contributed by atoms with Crippen molar-refractivity contribution in [3.05, 3.63) is 53.3 Å². The maximum absolute atomic E-state index is 14.0. The summed E-state index contributed by atoms with van der Waals surface area (Å²) in [4.78, 5) is 0. The number of rotatable bonds is 6. The number of aryl methyl sites for hydroxylation is 1. The minimum Gasteiger partial charge on any atom is -0.388 e. The number of halogens is 3. The van der Waals surface area contributed by atoms with Crippen LogP contribution in [-0.4, -0.2) is 72.1 Å². The Bertz CT molecular complexity index is 1410. The minimum absolute atomic E-state index is 0.0176. The van der Waals surface area contributed by atoms with E-state index in [4.69, 9.17) is 18.7 Å². The molecule has 3 aromatic rings. The molecule has 2 saturated heterocycles. The van der Waals surface area contributed by atoms with Crippen LogP contribution < -0.4 is 0 Å². The highest BCUT2D eigenvalue weighted by Gasteiger charge is 2.54. The maximum Gasteiger partial charge on any atom is 0.194 e. The summed E-state index contributed by atoms with van der Waals surface area (Å²) >= 11 is 1.26. The van der Waals surface area contributed by atoms with Gasteiger partial charge in [0.25, 0.3) is 0 Å². The molecular formula is C28H33F3N4O6S. The van der Waals surface area contributed by atoms with Crippen molar-refractivity contribution in [3.63, 3.8) is 0 Å². The highest BCUT2D eigenvalue weighted by atomic mass is 32.2. The fourth-order valence-electron chi connectivity index (χ4n) is 6.06. The SMILES string of the molecule is Cc1conc1[C@@H](S[C@@H]1O[C@@H]2COC(C)(C)O[C@@H]2[C@H](n2cc(-c3cc(F)c(F)c(F)c3)nn2)[C@H]1O)C1(O)CCCCC1. The first-order valence-electron chi connectivity index (χ1n) is 14.0. The van der Waals surface area contributed by atoms with E-state index in [1.807, 2.05) is 6.92 Å². The Labute approximate surface area is 244 Å². The average molecular weight is 611 g/mol. The Kier molecular flexibility index (Phi) is 7.90. The molecule has 6 rings (SSSR count). The molecule has 6 atom stereocenters. The lowest BCUT2D eigenvalue weighted by Gasteiger charge is -2.51. The first-order valence-corrected chi connectivity index (χ1v) is 14.9. The number of aromatic nitrogens is 4. The van der Waals surface area contributed by atoms with E-state index in [1.165, 1.54) is 28.9 Å². The second-order valence-electron chi connectivity index (χ2n) is 11.7. The van der Waals surface area contributed by atoms with Crippen molar-refractivity contribution >= 4 is 11.8 Å². The third-order valence-corrected chi connectivity index (χ3v) is 9.85. The molecule has 1 aromatic carbocycles. The predicted octanol–water partition coefficient (Wildman–Crippen LogP) is 4.61. The van der Waals surface area contributed by atoms with Crippen molar-refractivity contribution in [1.29, 1.82) is 0 Å². The van der Waals surface area contributed by atoms with Gasteiger partial charge in [0, 0.05) is 11.1 Å². The maximum atomic E-state index is 14.0. The predicted molar refractivity (Wildman–Crippen MR) is 144 cm³/mol. The molecule has 0 amide bonds. The molecule has 3 aliphatic rings. The molecule has 0 spiro atoms. The Hall–Kier alpha value is -2.49. The summed E-state index contributed by atoms with van der Waals surface area (Å²) in [5.41, 5.74) is -0.567. The molecule has 228 valence electrons. The van der Waals surface area contributed by atoms with E-state index in [2.05, 4.69) is 15.5 Å². The van der Waals surface area contributed by atoms with E-state index >= 15 is 0 Å². The van der Waals surface area contributed by atoms with Gasteiger partial charge in [-0.2, -0.15) is 0 Å². The quantitative estimate of drug-likeness (QED) is 0.383. The molecule has 2 aliphatic heterocycles. The lowest BCUT2D eigenvalue weighted by molar-refractivity contribution is -0.341. The van der Waals surface area contributed by atoms with Crippen molar-refractivity contribution in [2.24, 2.45) is 0 Å². The van der Waals surface area contributed by atoms with E-state index < -0.39 is 63.9 Å². The zero-order chi connectivity index (χ0) is 29.8. The smallest absolute Gasteiger partial charge is 0.194 e. The van der Waals surface area contributed by atoms with Gasteiger partial charge in [-0.15, -0.1) is 16.9 Å². The molecule has 2 aromatic heterocycles. The third kappa shape index (κ3) is 5.48. The Balaban J connectivity index is 1.35. The summed E-state index contributed by atoms with van der Waals surface area (Å²) in [7, 11) is 0. The summed E-state index contributed by atoms with van der Waals surface area (Å²) < 4.78 is 66.6. The lowest BCUT2D eigenvalue weighted by atomic mass is 9.81. The largest absolute Gasteiger partial charge is 0.388 e. The Morgan fingerprint density at radius 2 is 1.83 bits per heavy atom. The van der Waals surface area contributed by atoms with Gasteiger partial charge in [0.2, 0.25) is 0 Å². The van der Waals surface area contributed by atoms with Crippen LogP contribution in [0.15, 0.2) is 29.1 Å². The van der Waals surface area contributed by atoms with Gasteiger partial charge < -0.3 is 28.9 Å². The summed E-state index contributed by atoms with van der Waals surface area (Å²) in [6.07, 6.45) is 4.21. The van der Waals surface area contributed by atoms with Crippen LogP contribution in [0.1, 0.15) is 68.5 Å². The van der Waals surface area contributed by atoms with E-state index in [0.29, 0.717) is 18.5 Å². The van der Waals surface area contributed by atoms with Crippen molar-refractivity contribution in [1.82, 2.24) is 20.2 Å². The van der Waals surface area contributed by atoms with Gasteiger partial charge in [0.1, 0.15) is 47.4 Å². The first kappa shape index (κ1) is 29.6. The Morgan fingerprint density at radius 1 is 1.12 bits per heavy atom. The molecule has 10 nitrogen and oxygen atoms in total. The van der Waals surface area contributed by atoms with Crippen LogP contribution in [0.5, 0.6) is 0 Å². The number of nitrogens with zero attached hydrogens (tertiary/aromatic N) is 4.